The molecule has 4 heteroatoms. The molecule has 2 rings (SSSR count). The van der Waals surface area contributed by atoms with E-state index in [1.807, 2.05) is 24.0 Å². The molecule has 0 aromatic heterocycles. The number of carboxylic acids is 1. The van der Waals surface area contributed by atoms with E-state index in [2.05, 4.69) is 6.92 Å². The highest BCUT2D eigenvalue weighted by Gasteiger charge is 2.26. The van der Waals surface area contributed by atoms with Crippen LogP contribution in [-0.2, 0) is 4.79 Å². The first-order valence-corrected chi connectivity index (χ1v) is 7.32. The van der Waals surface area contributed by atoms with E-state index >= 15 is 0 Å². The smallest absolute Gasteiger partial charge is 0.328 e. The van der Waals surface area contributed by atoms with E-state index in [1.165, 1.54) is 6.08 Å². The van der Waals surface area contributed by atoms with Crippen molar-refractivity contribution in [3.63, 3.8) is 0 Å². The summed E-state index contributed by atoms with van der Waals surface area (Å²) >= 11 is 0. The second-order valence-electron chi connectivity index (χ2n) is 5.51. The number of carboxylic acid groups (broad SMARTS) is 1. The fourth-order valence-corrected chi connectivity index (χ4v) is 2.75. The number of amides is 1. The number of likely N-dealkylation sites (tertiary alicyclic amines) is 1. The Kier molecular flexibility index (Phi) is 4.78. The first-order valence-electron chi connectivity index (χ1n) is 7.32. The molecule has 21 heavy (non-hydrogen) atoms. The highest BCUT2D eigenvalue weighted by Crippen LogP contribution is 2.23. The van der Waals surface area contributed by atoms with Gasteiger partial charge in [-0.2, -0.15) is 0 Å². The summed E-state index contributed by atoms with van der Waals surface area (Å²) in [4.78, 5) is 25.1. The average Bonchev–Trinajstić information content (AvgIpc) is 2.94. The molecule has 1 unspecified atom stereocenters. The maximum absolute atomic E-state index is 12.6. The molecule has 0 radical (unpaired) electrons. The second-order valence-corrected chi connectivity index (χ2v) is 5.51. The third-order valence-corrected chi connectivity index (χ3v) is 4.16. The van der Waals surface area contributed by atoms with Crippen LogP contribution in [0.15, 0.2) is 24.3 Å². The molecule has 112 valence electrons. The zero-order valence-electron chi connectivity index (χ0n) is 12.5. The van der Waals surface area contributed by atoms with Crippen LogP contribution in [-0.4, -0.2) is 35.0 Å². The summed E-state index contributed by atoms with van der Waals surface area (Å²) in [6.45, 7) is 5.65. The molecule has 0 spiro atoms. The topological polar surface area (TPSA) is 57.6 Å². The predicted octanol–water partition coefficient (Wildman–Crippen LogP) is 2.96. The Morgan fingerprint density at radius 1 is 1.43 bits per heavy atom. The average molecular weight is 287 g/mol. The van der Waals surface area contributed by atoms with E-state index in [4.69, 9.17) is 5.11 Å². The van der Waals surface area contributed by atoms with Gasteiger partial charge in [-0.3, -0.25) is 4.79 Å². The molecule has 1 aliphatic rings. The van der Waals surface area contributed by atoms with Crippen molar-refractivity contribution in [2.45, 2.75) is 26.7 Å². The van der Waals surface area contributed by atoms with Crippen molar-refractivity contribution in [2.24, 2.45) is 5.92 Å². The van der Waals surface area contributed by atoms with Gasteiger partial charge in [-0.15, -0.1) is 0 Å². The molecule has 1 amide bonds. The van der Waals surface area contributed by atoms with E-state index in [0.29, 0.717) is 11.5 Å². The lowest BCUT2D eigenvalue weighted by Crippen LogP contribution is -2.29. The van der Waals surface area contributed by atoms with Crippen molar-refractivity contribution in [3.05, 3.63) is 41.0 Å². The first-order chi connectivity index (χ1) is 10.0. The fourth-order valence-electron chi connectivity index (χ4n) is 2.75. The minimum absolute atomic E-state index is 0.0500. The Morgan fingerprint density at radius 2 is 2.19 bits per heavy atom. The van der Waals surface area contributed by atoms with Gasteiger partial charge < -0.3 is 10.0 Å². The van der Waals surface area contributed by atoms with Crippen LogP contribution in [0.4, 0.5) is 0 Å². The molecule has 1 atom stereocenters. The molecule has 0 saturated carbocycles. The van der Waals surface area contributed by atoms with E-state index in [-0.39, 0.29) is 5.91 Å². The third-order valence-electron chi connectivity index (χ3n) is 4.16. The summed E-state index contributed by atoms with van der Waals surface area (Å²) < 4.78 is 0. The van der Waals surface area contributed by atoms with Crippen molar-refractivity contribution in [2.75, 3.05) is 13.1 Å². The van der Waals surface area contributed by atoms with Gasteiger partial charge >= 0.3 is 5.97 Å². The molecule has 1 fully saturated rings. The summed E-state index contributed by atoms with van der Waals surface area (Å²) in [5, 5.41) is 8.71. The number of benzene rings is 1. The van der Waals surface area contributed by atoms with Gasteiger partial charge in [-0.1, -0.05) is 25.5 Å². The van der Waals surface area contributed by atoms with Crippen molar-refractivity contribution in [3.8, 4) is 0 Å². The summed E-state index contributed by atoms with van der Waals surface area (Å²) in [6.07, 6.45) is 4.80. The zero-order valence-corrected chi connectivity index (χ0v) is 12.5. The van der Waals surface area contributed by atoms with Crippen LogP contribution >= 0.6 is 0 Å². The Bertz CT molecular complexity index is 577. The molecule has 1 N–H and O–H groups in total. The van der Waals surface area contributed by atoms with Crippen LogP contribution in [0.3, 0.4) is 0 Å². The normalized spacial score (nSPS) is 18.4. The molecule has 1 aliphatic heterocycles. The highest BCUT2D eigenvalue weighted by molar-refractivity contribution is 5.97. The van der Waals surface area contributed by atoms with Gasteiger partial charge in [0.2, 0.25) is 0 Å². The molecular formula is C17H21NO3. The maximum atomic E-state index is 12.6. The van der Waals surface area contributed by atoms with Crippen molar-refractivity contribution < 1.29 is 14.7 Å². The van der Waals surface area contributed by atoms with Gasteiger partial charge in [-0.25, -0.2) is 4.79 Å². The van der Waals surface area contributed by atoms with E-state index in [9.17, 15) is 9.59 Å². The lowest BCUT2D eigenvalue weighted by Gasteiger charge is -2.18. The Hall–Kier alpha value is -2.10. The van der Waals surface area contributed by atoms with Gasteiger partial charge in [0.1, 0.15) is 0 Å². The first kappa shape index (κ1) is 15.3. The maximum Gasteiger partial charge on any atom is 0.328 e. The van der Waals surface area contributed by atoms with Crippen LogP contribution in [0.5, 0.6) is 0 Å². The Morgan fingerprint density at radius 3 is 2.81 bits per heavy atom. The van der Waals surface area contributed by atoms with Crippen LogP contribution < -0.4 is 0 Å². The van der Waals surface area contributed by atoms with E-state index in [0.717, 1.165) is 43.1 Å². The summed E-state index contributed by atoms with van der Waals surface area (Å²) in [6, 6.07) is 5.44. The molecule has 1 heterocycles. The van der Waals surface area contributed by atoms with Crippen molar-refractivity contribution in [1.29, 1.82) is 0 Å². The van der Waals surface area contributed by atoms with Crippen molar-refractivity contribution in [1.82, 2.24) is 4.90 Å². The van der Waals surface area contributed by atoms with Crippen LogP contribution in [0, 0.1) is 12.8 Å². The van der Waals surface area contributed by atoms with E-state index in [1.54, 1.807) is 6.07 Å². The lowest BCUT2D eigenvalue weighted by molar-refractivity contribution is -0.131. The van der Waals surface area contributed by atoms with Crippen LogP contribution in [0.1, 0.15) is 41.3 Å². The quantitative estimate of drug-likeness (QED) is 0.866. The van der Waals surface area contributed by atoms with Crippen LogP contribution in [0.2, 0.25) is 0 Å². The SMILES string of the molecule is CCC1CCN(C(=O)c2cccc(/C=C/C(=O)O)c2C)C1. The molecule has 0 aliphatic carbocycles. The monoisotopic (exact) mass is 287 g/mol. The fraction of sp³-hybridized carbons (Fsp3) is 0.412. The molecular weight excluding hydrogens is 266 g/mol. The minimum Gasteiger partial charge on any atom is -0.478 e. The number of aliphatic carboxylic acids is 1. The Balaban J connectivity index is 2.22. The summed E-state index contributed by atoms with van der Waals surface area (Å²) in [7, 11) is 0. The number of nitrogens with zero attached hydrogens (tertiary/aromatic N) is 1. The van der Waals surface area contributed by atoms with Crippen LogP contribution in [0.25, 0.3) is 6.08 Å². The van der Waals surface area contributed by atoms with Gasteiger partial charge in [0.15, 0.2) is 0 Å². The highest BCUT2D eigenvalue weighted by atomic mass is 16.4. The largest absolute Gasteiger partial charge is 0.478 e. The van der Waals surface area contributed by atoms with Crippen molar-refractivity contribution >= 4 is 18.0 Å². The number of hydrogen-bond acceptors (Lipinski definition) is 2. The summed E-state index contributed by atoms with van der Waals surface area (Å²) in [5.41, 5.74) is 2.27. The lowest BCUT2D eigenvalue weighted by atomic mass is 10.0. The second kappa shape index (κ2) is 6.57. The van der Waals surface area contributed by atoms with E-state index < -0.39 is 5.97 Å². The number of rotatable bonds is 4. The minimum atomic E-state index is -0.989. The zero-order chi connectivity index (χ0) is 15.4. The molecule has 0 bridgehead atoms. The third kappa shape index (κ3) is 3.51. The number of carbonyl (C=O) groups is 2. The standard InChI is InChI=1S/C17H21NO3/c1-3-13-9-10-18(11-13)17(21)15-6-4-5-14(12(15)2)7-8-16(19)20/h4-8,13H,3,9-11H2,1-2H3,(H,19,20)/b8-7+. The Labute approximate surface area is 125 Å². The molecule has 1 saturated heterocycles. The van der Waals surface area contributed by atoms with Gasteiger partial charge in [-0.05, 0) is 42.5 Å². The number of carbonyl (C=O) groups excluding carboxylic acids is 1. The predicted molar refractivity (Wildman–Crippen MR) is 82.2 cm³/mol. The molecule has 4 nitrogen and oxygen atoms in total. The molecule has 1 aromatic carbocycles. The van der Waals surface area contributed by atoms with Gasteiger partial charge in [0, 0.05) is 24.7 Å². The number of hydrogen-bond donors (Lipinski definition) is 1. The van der Waals surface area contributed by atoms with Gasteiger partial charge in [0.25, 0.3) is 5.91 Å². The van der Waals surface area contributed by atoms with Gasteiger partial charge in [0.05, 0.1) is 0 Å². The summed E-state index contributed by atoms with van der Waals surface area (Å²) in [5.74, 6) is -0.338. The molecule has 1 aromatic rings.